The summed E-state index contributed by atoms with van der Waals surface area (Å²) in [6.07, 6.45) is 0. The lowest BCUT2D eigenvalue weighted by molar-refractivity contribution is 0.0937. The Balaban J connectivity index is 2.48. The summed E-state index contributed by atoms with van der Waals surface area (Å²) in [7, 11) is 0. The first-order valence-corrected chi connectivity index (χ1v) is 7.29. The van der Waals surface area contributed by atoms with Gasteiger partial charge < -0.3 is 5.32 Å². The van der Waals surface area contributed by atoms with Crippen molar-refractivity contribution < 1.29 is 4.79 Å². The van der Waals surface area contributed by atoms with Crippen LogP contribution < -0.4 is 5.32 Å². The largest absolute Gasteiger partial charge is 0.352 e. The molecule has 1 aromatic rings. The molecule has 0 aromatic carbocycles. The third-order valence-electron chi connectivity index (χ3n) is 2.88. The van der Waals surface area contributed by atoms with Crippen molar-refractivity contribution >= 4 is 39.8 Å². The summed E-state index contributed by atoms with van der Waals surface area (Å²) in [6, 6.07) is 1.92. The number of hydrogen-bond donors (Lipinski definition) is 1. The first-order valence-electron chi connectivity index (χ1n) is 5.33. The Bertz CT molecular complexity index is 367. The Hall–Kier alpha value is -0.100. The van der Waals surface area contributed by atoms with E-state index in [2.05, 4.69) is 55.6 Å². The van der Waals surface area contributed by atoms with Gasteiger partial charge in [0.25, 0.3) is 5.91 Å². The first kappa shape index (κ1) is 14.0. The van der Waals surface area contributed by atoms with Gasteiger partial charge in [-0.15, -0.1) is 11.3 Å². The molecule has 0 fully saturated rings. The Morgan fingerprint density at radius 2 is 2.19 bits per heavy atom. The van der Waals surface area contributed by atoms with Crippen LogP contribution in [-0.4, -0.2) is 12.5 Å². The molecule has 1 atom stereocenters. The van der Waals surface area contributed by atoms with E-state index in [0.29, 0.717) is 5.92 Å². The lowest BCUT2D eigenvalue weighted by Crippen LogP contribution is -2.33. The zero-order valence-electron chi connectivity index (χ0n) is 10.1. The van der Waals surface area contributed by atoms with Gasteiger partial charge in [-0.1, -0.05) is 27.7 Å². The minimum Gasteiger partial charge on any atom is -0.352 e. The minimum atomic E-state index is 0.0373. The fourth-order valence-electron chi connectivity index (χ4n) is 1.08. The van der Waals surface area contributed by atoms with Gasteiger partial charge in [-0.2, -0.15) is 0 Å². The predicted molar refractivity (Wildman–Crippen MR) is 78.0 cm³/mol. The van der Waals surface area contributed by atoms with Crippen molar-refractivity contribution in [3.63, 3.8) is 0 Å². The van der Waals surface area contributed by atoms with Gasteiger partial charge >= 0.3 is 0 Å². The molecular formula is C12H18INOS. The molecule has 1 rings (SSSR count). The zero-order valence-corrected chi connectivity index (χ0v) is 13.1. The maximum Gasteiger partial charge on any atom is 0.252 e. The van der Waals surface area contributed by atoms with Gasteiger partial charge in [0.1, 0.15) is 0 Å². The molecule has 1 N–H and O–H groups in total. The summed E-state index contributed by atoms with van der Waals surface area (Å²) in [4.78, 5) is 11.8. The van der Waals surface area contributed by atoms with E-state index in [1.54, 1.807) is 11.3 Å². The van der Waals surface area contributed by atoms with Crippen LogP contribution in [0.2, 0.25) is 0 Å². The number of hydrogen-bond acceptors (Lipinski definition) is 2. The number of carbonyl (C=O) groups excluding carboxylic acids is 1. The fourth-order valence-corrected chi connectivity index (χ4v) is 2.41. The number of nitrogens with one attached hydrogen (secondary N) is 1. The molecule has 0 bridgehead atoms. The first-order chi connectivity index (χ1) is 7.30. The van der Waals surface area contributed by atoms with Crippen molar-refractivity contribution in [2.75, 3.05) is 6.54 Å². The van der Waals surface area contributed by atoms with E-state index >= 15 is 0 Å². The van der Waals surface area contributed by atoms with Gasteiger partial charge in [0, 0.05) is 11.9 Å². The molecule has 0 aliphatic rings. The quantitative estimate of drug-likeness (QED) is 0.826. The molecule has 1 heterocycles. The summed E-state index contributed by atoms with van der Waals surface area (Å²) >= 11 is 3.83. The molecular weight excluding hydrogens is 333 g/mol. The second kappa shape index (κ2) is 5.49. The number of rotatable bonds is 3. The van der Waals surface area contributed by atoms with Crippen molar-refractivity contribution in [3.8, 4) is 0 Å². The molecule has 16 heavy (non-hydrogen) atoms. The Morgan fingerprint density at radius 1 is 1.56 bits per heavy atom. The van der Waals surface area contributed by atoms with E-state index in [0.717, 1.165) is 15.0 Å². The molecule has 1 amide bonds. The second-order valence-electron chi connectivity index (χ2n) is 5.12. The molecule has 0 aliphatic carbocycles. The van der Waals surface area contributed by atoms with Gasteiger partial charge in [0.15, 0.2) is 0 Å². The molecule has 0 saturated carbocycles. The lowest BCUT2D eigenvalue weighted by atomic mass is 9.82. The number of halogens is 1. The molecule has 2 nitrogen and oxygen atoms in total. The standard InChI is InChI=1S/C12H18INOS/c1-8(12(2,3)4)6-14-11(15)9-5-10(13)16-7-9/h5,7-8H,6H2,1-4H3,(H,14,15). The Kier molecular flexibility index (Phi) is 4.79. The highest BCUT2D eigenvalue weighted by Crippen LogP contribution is 2.24. The van der Waals surface area contributed by atoms with E-state index in [1.165, 1.54) is 0 Å². The van der Waals surface area contributed by atoms with Crippen LogP contribution in [0.5, 0.6) is 0 Å². The van der Waals surface area contributed by atoms with Crippen LogP contribution in [0, 0.1) is 14.2 Å². The van der Waals surface area contributed by atoms with E-state index in [9.17, 15) is 4.79 Å². The normalized spacial score (nSPS) is 13.6. The van der Waals surface area contributed by atoms with Crippen LogP contribution in [0.15, 0.2) is 11.4 Å². The molecule has 0 aliphatic heterocycles. The molecule has 90 valence electrons. The van der Waals surface area contributed by atoms with Crippen LogP contribution in [0.3, 0.4) is 0 Å². The van der Waals surface area contributed by atoms with Crippen molar-refractivity contribution in [2.24, 2.45) is 11.3 Å². The number of carbonyl (C=O) groups is 1. The average Bonchev–Trinajstić information content (AvgIpc) is 2.59. The van der Waals surface area contributed by atoms with Crippen molar-refractivity contribution in [3.05, 3.63) is 19.9 Å². The highest BCUT2D eigenvalue weighted by atomic mass is 127. The van der Waals surface area contributed by atoms with Gasteiger partial charge in [-0.25, -0.2) is 0 Å². The number of amides is 1. The topological polar surface area (TPSA) is 29.1 Å². The summed E-state index contributed by atoms with van der Waals surface area (Å²) < 4.78 is 1.15. The predicted octanol–water partition coefficient (Wildman–Crippen LogP) is 3.76. The maximum atomic E-state index is 11.8. The van der Waals surface area contributed by atoms with Crippen molar-refractivity contribution in [1.82, 2.24) is 5.32 Å². The Morgan fingerprint density at radius 3 is 2.62 bits per heavy atom. The monoisotopic (exact) mass is 351 g/mol. The summed E-state index contributed by atoms with van der Waals surface area (Å²) in [5, 5.41) is 4.88. The fraction of sp³-hybridized carbons (Fsp3) is 0.583. The zero-order chi connectivity index (χ0) is 12.3. The molecule has 0 radical (unpaired) electrons. The van der Waals surface area contributed by atoms with Crippen molar-refractivity contribution in [2.45, 2.75) is 27.7 Å². The van der Waals surface area contributed by atoms with Crippen LogP contribution >= 0.6 is 33.9 Å². The van der Waals surface area contributed by atoms with E-state index in [4.69, 9.17) is 0 Å². The van der Waals surface area contributed by atoms with E-state index in [1.807, 2.05) is 11.4 Å². The van der Waals surface area contributed by atoms with Gasteiger partial charge in [0.05, 0.1) is 8.45 Å². The van der Waals surface area contributed by atoms with Crippen LogP contribution in [0.25, 0.3) is 0 Å². The second-order valence-corrected chi connectivity index (χ2v) is 7.92. The van der Waals surface area contributed by atoms with Crippen molar-refractivity contribution in [1.29, 1.82) is 0 Å². The average molecular weight is 351 g/mol. The van der Waals surface area contributed by atoms with E-state index < -0.39 is 0 Å². The summed E-state index contributed by atoms with van der Waals surface area (Å²) in [6.45, 7) is 9.47. The maximum absolute atomic E-state index is 11.8. The molecule has 0 spiro atoms. The summed E-state index contributed by atoms with van der Waals surface area (Å²) in [5.74, 6) is 0.504. The van der Waals surface area contributed by atoms with Crippen LogP contribution in [-0.2, 0) is 0 Å². The highest BCUT2D eigenvalue weighted by Gasteiger charge is 2.20. The van der Waals surface area contributed by atoms with Crippen LogP contribution in [0.4, 0.5) is 0 Å². The minimum absolute atomic E-state index is 0.0373. The molecule has 4 heteroatoms. The number of thiophene rings is 1. The van der Waals surface area contributed by atoms with Gasteiger partial charge in [-0.05, 0) is 40.0 Å². The lowest BCUT2D eigenvalue weighted by Gasteiger charge is -2.27. The van der Waals surface area contributed by atoms with Gasteiger partial charge in [0.2, 0.25) is 0 Å². The smallest absolute Gasteiger partial charge is 0.252 e. The van der Waals surface area contributed by atoms with E-state index in [-0.39, 0.29) is 11.3 Å². The SMILES string of the molecule is CC(CNC(=O)c1csc(I)c1)C(C)(C)C. The summed E-state index contributed by atoms with van der Waals surface area (Å²) in [5.41, 5.74) is 1.01. The molecule has 1 aromatic heterocycles. The van der Waals surface area contributed by atoms with Crippen LogP contribution in [0.1, 0.15) is 38.1 Å². The third-order valence-corrected chi connectivity index (χ3v) is 4.67. The molecule has 1 unspecified atom stereocenters. The van der Waals surface area contributed by atoms with Gasteiger partial charge in [-0.3, -0.25) is 4.79 Å². The third kappa shape index (κ3) is 4.05. The Labute approximate surface area is 115 Å². The highest BCUT2D eigenvalue weighted by molar-refractivity contribution is 14.1. The molecule has 0 saturated heterocycles.